The van der Waals surface area contributed by atoms with E-state index in [1.54, 1.807) is 0 Å². The molecule has 0 aromatic heterocycles. The molecule has 0 amide bonds. The molecule has 0 bridgehead atoms. The number of aliphatic hydroxyl groups excluding tert-OH is 5. The van der Waals surface area contributed by atoms with Crippen LogP contribution in [0.5, 0.6) is 0 Å². The lowest BCUT2D eigenvalue weighted by molar-refractivity contribution is -0.289. The topological polar surface area (TPSA) is 158 Å². The van der Waals surface area contributed by atoms with Crippen LogP contribution in [0.1, 0.15) is 79.6 Å². The minimum absolute atomic E-state index is 0.0660. The first-order chi connectivity index (χ1) is 21.2. The Hall–Kier alpha value is -0.660. The van der Waals surface area contributed by atoms with E-state index in [1.165, 1.54) is 14.2 Å². The van der Waals surface area contributed by atoms with E-state index in [9.17, 15) is 30.6 Å². The zero-order valence-corrected chi connectivity index (χ0v) is 28.3. The lowest BCUT2D eigenvalue weighted by atomic mass is 9.43. The first-order valence-corrected chi connectivity index (χ1v) is 17.3. The van der Waals surface area contributed by atoms with Crippen LogP contribution in [-0.2, 0) is 18.9 Å². The van der Waals surface area contributed by atoms with E-state index in [-0.39, 0.29) is 49.4 Å². The van der Waals surface area contributed by atoms with Crippen LogP contribution in [-0.4, -0.2) is 113 Å². The summed E-state index contributed by atoms with van der Waals surface area (Å²) in [7, 11) is 3.06. The van der Waals surface area contributed by atoms with Crippen molar-refractivity contribution in [3.05, 3.63) is 11.6 Å². The molecule has 10 heteroatoms. The predicted molar refractivity (Wildman–Crippen MR) is 167 cm³/mol. The van der Waals surface area contributed by atoms with E-state index < -0.39 is 65.3 Å². The monoisotopic (exact) mass is 640 g/mol. The van der Waals surface area contributed by atoms with Gasteiger partial charge in [0.05, 0.1) is 36.6 Å². The maximum atomic E-state index is 12.7. The summed E-state index contributed by atoms with van der Waals surface area (Å²) in [5, 5.41) is 67.5. The Balaban J connectivity index is 1.36. The van der Waals surface area contributed by atoms with Crippen molar-refractivity contribution in [3.8, 4) is 0 Å². The highest BCUT2D eigenvalue weighted by molar-refractivity contribution is 5.33. The van der Waals surface area contributed by atoms with Gasteiger partial charge in [-0.25, -0.2) is 0 Å². The van der Waals surface area contributed by atoms with Crippen molar-refractivity contribution < 1.29 is 49.6 Å². The molecule has 4 fully saturated rings. The van der Waals surface area contributed by atoms with Crippen molar-refractivity contribution in [2.45, 2.75) is 134 Å². The van der Waals surface area contributed by atoms with Crippen LogP contribution in [0.4, 0.5) is 0 Å². The fourth-order valence-electron chi connectivity index (χ4n) is 10.8. The second-order valence-corrected chi connectivity index (χ2v) is 15.9. The maximum Gasteiger partial charge on any atom is 0.187 e. The first kappa shape index (κ1) is 35.6. The third kappa shape index (κ3) is 5.87. The number of fused-ring (bicyclic) bond motifs is 5. The molecule has 0 spiro atoms. The highest BCUT2D eigenvalue weighted by Crippen LogP contribution is 2.69. The number of hydrogen-bond donors (Lipinski definition) is 6. The Kier molecular flexibility index (Phi) is 10.6. The molecule has 0 radical (unpaired) electrons. The number of aliphatic hydroxyl groups is 6. The molecule has 6 N–H and O–H groups in total. The minimum atomic E-state index is -1.34. The van der Waals surface area contributed by atoms with Crippen molar-refractivity contribution in [2.75, 3.05) is 27.4 Å². The summed E-state index contributed by atoms with van der Waals surface area (Å²) < 4.78 is 23.2. The van der Waals surface area contributed by atoms with E-state index in [0.717, 1.165) is 31.3 Å². The van der Waals surface area contributed by atoms with Crippen molar-refractivity contribution in [3.63, 3.8) is 0 Å². The second kappa shape index (κ2) is 13.3. The van der Waals surface area contributed by atoms with Crippen LogP contribution in [0.3, 0.4) is 0 Å². The Morgan fingerprint density at radius 3 is 2.27 bits per heavy atom. The summed E-state index contributed by atoms with van der Waals surface area (Å²) in [5.41, 5.74) is -1.47. The molecule has 5 rings (SSSR count). The smallest absolute Gasteiger partial charge is 0.187 e. The van der Waals surface area contributed by atoms with Crippen LogP contribution >= 0.6 is 0 Å². The van der Waals surface area contributed by atoms with Gasteiger partial charge in [0.1, 0.15) is 18.3 Å². The van der Waals surface area contributed by atoms with Crippen molar-refractivity contribution in [1.29, 1.82) is 0 Å². The largest absolute Gasteiger partial charge is 0.396 e. The van der Waals surface area contributed by atoms with Gasteiger partial charge in [0, 0.05) is 33.2 Å². The van der Waals surface area contributed by atoms with Crippen LogP contribution in [0, 0.1) is 46.3 Å². The Morgan fingerprint density at radius 1 is 0.933 bits per heavy atom. The van der Waals surface area contributed by atoms with E-state index in [1.807, 2.05) is 6.08 Å². The quantitative estimate of drug-likeness (QED) is 0.196. The number of methoxy groups -OCH3 is 2. The van der Waals surface area contributed by atoms with Gasteiger partial charge in [-0.15, -0.1) is 0 Å². The molecular formula is C35H60O10. The van der Waals surface area contributed by atoms with Crippen molar-refractivity contribution >= 4 is 0 Å². The zero-order valence-electron chi connectivity index (χ0n) is 28.3. The van der Waals surface area contributed by atoms with Gasteiger partial charge < -0.3 is 49.6 Å². The standard InChI is InChI=1S/C35H60O10/c1-18(20(3)16-36)8-9-19(2)26-27(39)28(40)31-34(26,5)13-11-25-33(4)12-10-21(14-22(33)23(37)15-35(25,31)41)45-32-30(43-7)29(42-6)24(38)17-44-32/h14,18-21,23-32,36-41H,8-13,15-17H2,1-7H3/t18-,19+,20+,21-,23+,24+,25+,26-,27+,28-,29-,30+,31+,32-,33-,34+,35-/m0/s1. The van der Waals surface area contributed by atoms with Gasteiger partial charge in [-0.1, -0.05) is 53.5 Å². The number of ether oxygens (including phenoxy) is 4. The van der Waals surface area contributed by atoms with Gasteiger partial charge in [0.15, 0.2) is 6.29 Å². The third-order valence-electron chi connectivity index (χ3n) is 13.5. The normalized spacial score (nSPS) is 50.2. The molecule has 1 heterocycles. The van der Waals surface area contributed by atoms with Crippen LogP contribution < -0.4 is 0 Å². The summed E-state index contributed by atoms with van der Waals surface area (Å²) in [5.74, 6) is -0.246. The zero-order chi connectivity index (χ0) is 33.1. The van der Waals surface area contributed by atoms with E-state index in [0.29, 0.717) is 18.8 Å². The minimum Gasteiger partial charge on any atom is -0.396 e. The molecule has 0 aromatic carbocycles. The lowest BCUT2D eigenvalue weighted by Gasteiger charge is -2.64. The van der Waals surface area contributed by atoms with Gasteiger partial charge in [-0.05, 0) is 71.7 Å². The van der Waals surface area contributed by atoms with E-state index >= 15 is 0 Å². The fraction of sp³-hybridized carbons (Fsp3) is 0.943. The van der Waals surface area contributed by atoms with Crippen LogP contribution in [0.2, 0.25) is 0 Å². The fourth-order valence-corrected chi connectivity index (χ4v) is 10.8. The van der Waals surface area contributed by atoms with Gasteiger partial charge in [0.2, 0.25) is 0 Å². The number of rotatable bonds is 10. The van der Waals surface area contributed by atoms with Crippen molar-refractivity contribution in [1.82, 2.24) is 0 Å². The summed E-state index contributed by atoms with van der Waals surface area (Å²) in [6.45, 7) is 10.8. The highest BCUT2D eigenvalue weighted by atomic mass is 16.7. The molecule has 0 aromatic rings. The second-order valence-electron chi connectivity index (χ2n) is 15.9. The van der Waals surface area contributed by atoms with Gasteiger partial charge in [-0.3, -0.25) is 0 Å². The molecule has 17 atom stereocenters. The van der Waals surface area contributed by atoms with E-state index in [2.05, 4.69) is 34.6 Å². The molecule has 5 aliphatic rings. The molecule has 45 heavy (non-hydrogen) atoms. The molecule has 1 saturated heterocycles. The summed E-state index contributed by atoms with van der Waals surface area (Å²) in [4.78, 5) is 0. The SMILES string of the molecule is CO[C@@H]1[C@@H](OC)[C@H](O[C@@H]2C=C3[C@H](O)C[C@@]4(O)[C@@H]5[C@@H](O)[C@H](O)[C@H]([C@H](C)CC[C@H](C)[C@H](C)CO)[C@@]5(C)CC[C@@H]4[C@@]3(C)CC2)OC[C@H]1O. The molecule has 4 aliphatic carbocycles. The number of hydrogen-bond acceptors (Lipinski definition) is 10. The summed E-state index contributed by atoms with van der Waals surface area (Å²) in [6, 6.07) is 0. The predicted octanol–water partition coefficient (Wildman–Crippen LogP) is 2.41. The van der Waals surface area contributed by atoms with E-state index in [4.69, 9.17) is 18.9 Å². The average molecular weight is 641 g/mol. The molecule has 1 aliphatic heterocycles. The van der Waals surface area contributed by atoms with Crippen molar-refractivity contribution in [2.24, 2.45) is 46.3 Å². The molecule has 0 unspecified atom stereocenters. The van der Waals surface area contributed by atoms with Crippen LogP contribution in [0.25, 0.3) is 0 Å². The molecule has 260 valence electrons. The molecule has 10 nitrogen and oxygen atoms in total. The van der Waals surface area contributed by atoms with Gasteiger partial charge >= 0.3 is 0 Å². The molecule has 3 saturated carbocycles. The van der Waals surface area contributed by atoms with Crippen LogP contribution in [0.15, 0.2) is 11.6 Å². The maximum absolute atomic E-state index is 12.7. The Morgan fingerprint density at radius 2 is 1.62 bits per heavy atom. The first-order valence-electron chi connectivity index (χ1n) is 17.3. The Bertz CT molecular complexity index is 1060. The summed E-state index contributed by atoms with van der Waals surface area (Å²) in [6.07, 6.45) is 0.645. The van der Waals surface area contributed by atoms with Gasteiger partial charge in [-0.2, -0.15) is 0 Å². The van der Waals surface area contributed by atoms with Gasteiger partial charge in [0.25, 0.3) is 0 Å². The third-order valence-corrected chi connectivity index (χ3v) is 13.5. The highest BCUT2D eigenvalue weighted by Gasteiger charge is 2.72. The Labute approximate surface area is 269 Å². The lowest BCUT2D eigenvalue weighted by Crippen LogP contribution is -2.66. The summed E-state index contributed by atoms with van der Waals surface area (Å²) >= 11 is 0. The molecular weight excluding hydrogens is 580 g/mol. The average Bonchev–Trinajstić information content (AvgIpc) is 3.21.